The first kappa shape index (κ1) is 11.8. The lowest BCUT2D eigenvalue weighted by molar-refractivity contribution is 0.0171. The van der Waals surface area contributed by atoms with Crippen molar-refractivity contribution in [2.75, 3.05) is 20.2 Å². The second-order valence-corrected chi connectivity index (χ2v) is 4.35. The van der Waals surface area contributed by atoms with Gasteiger partial charge in [-0.05, 0) is 19.8 Å². The molecule has 0 saturated carbocycles. The number of halogens is 1. The van der Waals surface area contributed by atoms with Crippen molar-refractivity contribution in [1.82, 2.24) is 4.90 Å². The fourth-order valence-corrected chi connectivity index (χ4v) is 2.09. The Hall–Kier alpha value is -0.300. The lowest BCUT2D eigenvalue weighted by Gasteiger charge is -2.37. The van der Waals surface area contributed by atoms with E-state index in [0.29, 0.717) is 18.7 Å². The smallest absolute Gasteiger partial charge is 0.133 e. The minimum atomic E-state index is -0.392. The molecule has 3 atom stereocenters. The molecule has 0 aromatic heterocycles. The number of nitriles is 1. The molecule has 1 fully saturated rings. The van der Waals surface area contributed by atoms with Gasteiger partial charge in [0.25, 0.3) is 0 Å². The van der Waals surface area contributed by atoms with Crippen molar-refractivity contribution in [3.05, 3.63) is 0 Å². The molecule has 0 aromatic carbocycles. The van der Waals surface area contributed by atoms with Crippen LogP contribution in [0.2, 0.25) is 0 Å². The van der Waals surface area contributed by atoms with Crippen molar-refractivity contribution in [2.45, 2.75) is 37.3 Å². The van der Waals surface area contributed by atoms with Gasteiger partial charge in [0.2, 0.25) is 0 Å². The molecule has 0 spiro atoms. The van der Waals surface area contributed by atoms with E-state index in [9.17, 15) is 0 Å². The number of methoxy groups -OCH3 is 1. The van der Waals surface area contributed by atoms with E-state index in [2.05, 4.69) is 17.9 Å². The molecule has 0 N–H and O–H groups in total. The zero-order valence-corrected chi connectivity index (χ0v) is 9.50. The zero-order chi connectivity index (χ0) is 10.6. The van der Waals surface area contributed by atoms with Gasteiger partial charge in [-0.3, -0.25) is 4.90 Å². The van der Waals surface area contributed by atoms with Crippen molar-refractivity contribution < 1.29 is 4.74 Å². The summed E-state index contributed by atoms with van der Waals surface area (Å²) < 4.78 is 5.32. The van der Waals surface area contributed by atoms with Crippen LogP contribution in [0.1, 0.15) is 19.8 Å². The number of piperidine rings is 1. The molecule has 14 heavy (non-hydrogen) atoms. The highest BCUT2D eigenvalue weighted by Gasteiger charge is 2.26. The largest absolute Gasteiger partial charge is 0.381 e. The Balaban J connectivity index is 2.38. The first-order valence-corrected chi connectivity index (χ1v) is 5.41. The van der Waals surface area contributed by atoms with E-state index in [1.54, 1.807) is 7.11 Å². The molecule has 80 valence electrons. The summed E-state index contributed by atoms with van der Waals surface area (Å²) in [7, 11) is 1.76. The number of rotatable bonds is 3. The first-order chi connectivity index (χ1) is 6.67. The second-order valence-electron chi connectivity index (χ2n) is 3.82. The Bertz CT molecular complexity index is 217. The van der Waals surface area contributed by atoms with Gasteiger partial charge in [-0.25, -0.2) is 0 Å². The molecule has 3 nitrogen and oxygen atoms in total. The molecule has 0 radical (unpaired) electrons. The summed E-state index contributed by atoms with van der Waals surface area (Å²) in [5, 5.41) is 8.22. The number of hydrogen-bond donors (Lipinski definition) is 0. The summed E-state index contributed by atoms with van der Waals surface area (Å²) in [6, 6.07) is 2.51. The van der Waals surface area contributed by atoms with E-state index in [-0.39, 0.29) is 0 Å². The Labute approximate surface area is 90.6 Å². The van der Waals surface area contributed by atoms with E-state index in [1.165, 1.54) is 0 Å². The fourth-order valence-electron chi connectivity index (χ4n) is 1.91. The SMILES string of the molecule is COC1CCN(CC(Cl)C#N)C(C)C1. The van der Waals surface area contributed by atoms with Gasteiger partial charge in [0.15, 0.2) is 0 Å². The number of hydrogen-bond acceptors (Lipinski definition) is 3. The highest BCUT2D eigenvalue weighted by Crippen LogP contribution is 2.19. The third-order valence-electron chi connectivity index (χ3n) is 2.83. The van der Waals surface area contributed by atoms with Crippen molar-refractivity contribution >= 4 is 11.6 Å². The maximum atomic E-state index is 8.62. The topological polar surface area (TPSA) is 36.3 Å². The molecule has 1 aliphatic heterocycles. The molecule has 0 amide bonds. The van der Waals surface area contributed by atoms with Crippen molar-refractivity contribution in [2.24, 2.45) is 0 Å². The van der Waals surface area contributed by atoms with Crippen LogP contribution in [0.5, 0.6) is 0 Å². The van der Waals surface area contributed by atoms with E-state index >= 15 is 0 Å². The molecule has 1 saturated heterocycles. The lowest BCUT2D eigenvalue weighted by Crippen LogP contribution is -2.45. The maximum absolute atomic E-state index is 8.62. The van der Waals surface area contributed by atoms with Gasteiger partial charge in [-0.2, -0.15) is 5.26 Å². The third-order valence-corrected chi connectivity index (χ3v) is 3.07. The summed E-state index contributed by atoms with van der Waals surface area (Å²) >= 11 is 5.80. The summed E-state index contributed by atoms with van der Waals surface area (Å²) in [4.78, 5) is 2.26. The third kappa shape index (κ3) is 3.13. The molecule has 1 aliphatic rings. The zero-order valence-electron chi connectivity index (χ0n) is 8.74. The van der Waals surface area contributed by atoms with Gasteiger partial charge in [0, 0.05) is 26.2 Å². The van der Waals surface area contributed by atoms with Crippen molar-refractivity contribution in [1.29, 1.82) is 5.26 Å². The first-order valence-electron chi connectivity index (χ1n) is 4.98. The highest BCUT2D eigenvalue weighted by molar-refractivity contribution is 6.22. The van der Waals surface area contributed by atoms with Gasteiger partial charge in [0.05, 0.1) is 12.2 Å². The summed E-state index contributed by atoms with van der Waals surface area (Å²) in [6.45, 7) is 3.80. The van der Waals surface area contributed by atoms with E-state index in [1.807, 2.05) is 0 Å². The Kier molecular flexibility index (Phi) is 4.67. The van der Waals surface area contributed by atoms with E-state index in [0.717, 1.165) is 19.4 Å². The Morgan fingerprint density at radius 3 is 2.93 bits per heavy atom. The summed E-state index contributed by atoms with van der Waals surface area (Å²) in [5.74, 6) is 0. The van der Waals surface area contributed by atoms with Crippen LogP contribution in [0.25, 0.3) is 0 Å². The standard InChI is InChI=1S/C10H17ClN2O/c1-8-5-10(14-2)3-4-13(8)7-9(11)6-12/h8-10H,3-5,7H2,1-2H3. The van der Waals surface area contributed by atoms with Crippen molar-refractivity contribution in [3.63, 3.8) is 0 Å². The van der Waals surface area contributed by atoms with Crippen LogP contribution in [0.15, 0.2) is 0 Å². The van der Waals surface area contributed by atoms with Crippen LogP contribution in [0, 0.1) is 11.3 Å². The van der Waals surface area contributed by atoms with Crippen LogP contribution >= 0.6 is 11.6 Å². The Morgan fingerprint density at radius 2 is 2.43 bits per heavy atom. The monoisotopic (exact) mass is 216 g/mol. The van der Waals surface area contributed by atoms with Crippen LogP contribution < -0.4 is 0 Å². The normalized spacial score (nSPS) is 31.0. The van der Waals surface area contributed by atoms with Crippen LogP contribution in [-0.2, 0) is 4.74 Å². The number of ether oxygens (including phenoxy) is 1. The minimum absolute atomic E-state index is 0.372. The molecular weight excluding hydrogens is 200 g/mol. The van der Waals surface area contributed by atoms with Crippen LogP contribution in [0.4, 0.5) is 0 Å². The van der Waals surface area contributed by atoms with Crippen molar-refractivity contribution in [3.8, 4) is 6.07 Å². The number of nitrogens with zero attached hydrogens (tertiary/aromatic N) is 2. The predicted molar refractivity (Wildman–Crippen MR) is 56.3 cm³/mol. The molecule has 4 heteroatoms. The molecule has 1 rings (SSSR count). The second kappa shape index (κ2) is 5.55. The fraction of sp³-hybridized carbons (Fsp3) is 0.900. The molecule has 0 bridgehead atoms. The van der Waals surface area contributed by atoms with Crippen LogP contribution in [-0.4, -0.2) is 42.6 Å². The Morgan fingerprint density at radius 1 is 1.71 bits per heavy atom. The lowest BCUT2D eigenvalue weighted by atomic mass is 10.0. The summed E-state index contributed by atoms with van der Waals surface area (Å²) in [5.41, 5.74) is 0. The molecule has 0 aliphatic carbocycles. The predicted octanol–water partition coefficient (Wildman–Crippen LogP) is 1.62. The van der Waals surface area contributed by atoms with Gasteiger partial charge >= 0.3 is 0 Å². The maximum Gasteiger partial charge on any atom is 0.133 e. The molecule has 0 aromatic rings. The van der Waals surface area contributed by atoms with Gasteiger partial charge in [-0.1, -0.05) is 0 Å². The number of likely N-dealkylation sites (tertiary alicyclic amines) is 1. The number of alkyl halides is 1. The molecule has 3 unspecified atom stereocenters. The van der Waals surface area contributed by atoms with E-state index in [4.69, 9.17) is 21.6 Å². The summed E-state index contributed by atoms with van der Waals surface area (Å²) in [6.07, 6.45) is 2.44. The molecular formula is C10H17ClN2O. The van der Waals surface area contributed by atoms with Gasteiger partial charge in [0.1, 0.15) is 5.38 Å². The quantitative estimate of drug-likeness (QED) is 0.673. The van der Waals surface area contributed by atoms with Crippen LogP contribution in [0.3, 0.4) is 0 Å². The average Bonchev–Trinajstić information content (AvgIpc) is 2.20. The average molecular weight is 217 g/mol. The molecule has 1 heterocycles. The van der Waals surface area contributed by atoms with E-state index < -0.39 is 5.38 Å². The minimum Gasteiger partial charge on any atom is -0.381 e. The van der Waals surface area contributed by atoms with Gasteiger partial charge in [-0.15, -0.1) is 11.6 Å². The highest BCUT2D eigenvalue weighted by atomic mass is 35.5. The van der Waals surface area contributed by atoms with Gasteiger partial charge < -0.3 is 4.74 Å².